The van der Waals surface area contributed by atoms with Crippen LogP contribution in [-0.2, 0) is 12.8 Å². The van der Waals surface area contributed by atoms with Gasteiger partial charge in [0.1, 0.15) is 11.6 Å². The van der Waals surface area contributed by atoms with Crippen molar-refractivity contribution in [3.8, 4) is 0 Å². The average molecular weight is 329 g/mol. The number of halogens is 1. The Labute approximate surface area is 141 Å². The minimum absolute atomic E-state index is 0.255. The molecule has 2 heterocycles. The van der Waals surface area contributed by atoms with E-state index >= 15 is 0 Å². The smallest absolute Gasteiger partial charge is 0.124 e. The molecule has 1 aromatic carbocycles. The van der Waals surface area contributed by atoms with Crippen LogP contribution in [0.3, 0.4) is 0 Å². The van der Waals surface area contributed by atoms with Crippen molar-refractivity contribution in [2.45, 2.75) is 50.7 Å². The van der Waals surface area contributed by atoms with Gasteiger partial charge < -0.3 is 10.1 Å². The van der Waals surface area contributed by atoms with Gasteiger partial charge in [-0.05, 0) is 62.8 Å². The highest BCUT2D eigenvalue weighted by molar-refractivity contribution is 5.21. The minimum atomic E-state index is -0.601. The largest absolute Gasteiger partial charge is 0.387 e. The Morgan fingerprint density at radius 3 is 2.79 bits per heavy atom. The summed E-state index contributed by atoms with van der Waals surface area (Å²) in [4.78, 5) is 10.7. The zero-order valence-corrected chi connectivity index (χ0v) is 13.8. The highest BCUT2D eigenvalue weighted by Gasteiger charge is 2.31. The van der Waals surface area contributed by atoms with Crippen molar-refractivity contribution in [3.05, 3.63) is 52.9 Å². The molecule has 24 heavy (non-hydrogen) atoms. The van der Waals surface area contributed by atoms with E-state index in [1.807, 2.05) is 0 Å². The van der Waals surface area contributed by atoms with Crippen LogP contribution in [0.5, 0.6) is 0 Å². The van der Waals surface area contributed by atoms with E-state index in [0.717, 1.165) is 43.6 Å². The summed E-state index contributed by atoms with van der Waals surface area (Å²) >= 11 is 0. The Balaban J connectivity index is 1.48. The number of imidazole rings is 1. The molecular weight excluding hydrogens is 305 g/mol. The SMILES string of the molecule is OC(CN1CCCC1c1nc2c([nH]1)CCCC2)c1ccc(F)cc1. The fourth-order valence-electron chi connectivity index (χ4n) is 4.00. The summed E-state index contributed by atoms with van der Waals surface area (Å²) in [6, 6.07) is 6.39. The predicted octanol–water partition coefficient (Wildman–Crippen LogP) is 3.30. The lowest BCUT2D eigenvalue weighted by Gasteiger charge is -2.25. The Morgan fingerprint density at radius 2 is 2.00 bits per heavy atom. The highest BCUT2D eigenvalue weighted by atomic mass is 19.1. The molecule has 2 N–H and O–H groups in total. The summed E-state index contributed by atoms with van der Waals surface area (Å²) in [6.07, 6.45) is 6.25. The molecule has 0 spiro atoms. The maximum atomic E-state index is 13.0. The summed E-state index contributed by atoms with van der Waals surface area (Å²) in [5.41, 5.74) is 3.31. The lowest BCUT2D eigenvalue weighted by Crippen LogP contribution is -2.29. The van der Waals surface area contributed by atoms with Crippen LogP contribution in [0.2, 0.25) is 0 Å². The van der Waals surface area contributed by atoms with E-state index in [0.29, 0.717) is 6.54 Å². The number of aliphatic hydroxyl groups is 1. The van der Waals surface area contributed by atoms with E-state index in [-0.39, 0.29) is 11.9 Å². The lowest BCUT2D eigenvalue weighted by atomic mass is 10.0. The standard InChI is InChI=1S/C19H24FN3O/c20-14-9-7-13(8-10-14)18(24)12-23-11-3-6-17(23)19-21-15-4-1-2-5-16(15)22-19/h7-10,17-18,24H,1-6,11-12H2,(H,21,22). The first-order chi connectivity index (χ1) is 11.7. The number of likely N-dealkylation sites (tertiary alicyclic amines) is 1. The maximum Gasteiger partial charge on any atom is 0.124 e. The molecule has 4 rings (SSSR count). The topological polar surface area (TPSA) is 52.1 Å². The molecule has 1 aromatic heterocycles. The number of benzene rings is 1. The number of β-amino-alcohol motifs (C(OH)–C–C–N with tert-alkyl or cyclic N) is 1. The van der Waals surface area contributed by atoms with Crippen LogP contribution in [-0.4, -0.2) is 33.1 Å². The second-order valence-corrected chi connectivity index (χ2v) is 6.97. The second-order valence-electron chi connectivity index (χ2n) is 6.97. The van der Waals surface area contributed by atoms with Crippen LogP contribution in [0.4, 0.5) is 4.39 Å². The van der Waals surface area contributed by atoms with Gasteiger partial charge in [0.05, 0.1) is 17.8 Å². The Bertz CT molecular complexity index is 674. The third-order valence-electron chi connectivity index (χ3n) is 5.31. The molecule has 5 heteroatoms. The molecular formula is C19H24FN3O. The van der Waals surface area contributed by atoms with E-state index in [9.17, 15) is 9.50 Å². The average Bonchev–Trinajstić information content (AvgIpc) is 3.21. The number of aromatic amines is 1. The molecule has 2 atom stereocenters. The fraction of sp³-hybridized carbons (Fsp3) is 0.526. The van der Waals surface area contributed by atoms with Crippen molar-refractivity contribution >= 4 is 0 Å². The van der Waals surface area contributed by atoms with Crippen molar-refractivity contribution < 1.29 is 9.50 Å². The molecule has 0 saturated carbocycles. The van der Waals surface area contributed by atoms with Crippen LogP contribution in [0, 0.1) is 5.82 Å². The number of nitrogens with one attached hydrogen (secondary N) is 1. The third kappa shape index (κ3) is 3.10. The number of aromatic nitrogens is 2. The Kier molecular flexibility index (Phi) is 4.37. The van der Waals surface area contributed by atoms with Crippen LogP contribution in [0.1, 0.15) is 60.6 Å². The molecule has 0 amide bonds. The first-order valence-corrected chi connectivity index (χ1v) is 8.96. The molecule has 128 valence electrons. The van der Waals surface area contributed by atoms with E-state index < -0.39 is 6.10 Å². The van der Waals surface area contributed by atoms with Crippen LogP contribution in [0.25, 0.3) is 0 Å². The van der Waals surface area contributed by atoms with Gasteiger partial charge in [0.2, 0.25) is 0 Å². The van der Waals surface area contributed by atoms with E-state index in [4.69, 9.17) is 4.98 Å². The molecule has 1 aliphatic heterocycles. The lowest BCUT2D eigenvalue weighted by molar-refractivity contribution is 0.104. The van der Waals surface area contributed by atoms with Crippen molar-refractivity contribution in [1.82, 2.24) is 14.9 Å². The summed E-state index contributed by atoms with van der Waals surface area (Å²) in [5.74, 6) is 0.789. The first kappa shape index (κ1) is 15.8. The van der Waals surface area contributed by atoms with Crippen molar-refractivity contribution in [1.29, 1.82) is 0 Å². The zero-order chi connectivity index (χ0) is 16.5. The predicted molar refractivity (Wildman–Crippen MR) is 90.1 cm³/mol. The van der Waals surface area contributed by atoms with E-state index in [2.05, 4.69) is 9.88 Å². The molecule has 2 aromatic rings. The van der Waals surface area contributed by atoms with Crippen molar-refractivity contribution in [2.24, 2.45) is 0 Å². The molecule has 1 saturated heterocycles. The van der Waals surface area contributed by atoms with Gasteiger partial charge in [-0.1, -0.05) is 12.1 Å². The number of fused-ring (bicyclic) bond motifs is 1. The molecule has 4 nitrogen and oxygen atoms in total. The van der Waals surface area contributed by atoms with Gasteiger partial charge in [0.15, 0.2) is 0 Å². The quantitative estimate of drug-likeness (QED) is 0.905. The summed E-state index contributed by atoms with van der Waals surface area (Å²) < 4.78 is 13.0. The van der Waals surface area contributed by atoms with E-state index in [1.54, 1.807) is 12.1 Å². The van der Waals surface area contributed by atoms with Crippen LogP contribution in [0.15, 0.2) is 24.3 Å². The fourth-order valence-corrected chi connectivity index (χ4v) is 4.00. The summed E-state index contributed by atoms with van der Waals surface area (Å²) in [6.45, 7) is 1.52. The Morgan fingerprint density at radius 1 is 1.21 bits per heavy atom. The maximum absolute atomic E-state index is 13.0. The number of nitrogens with zero attached hydrogens (tertiary/aromatic N) is 2. The third-order valence-corrected chi connectivity index (χ3v) is 5.31. The minimum Gasteiger partial charge on any atom is -0.387 e. The monoisotopic (exact) mass is 329 g/mol. The van der Waals surface area contributed by atoms with Gasteiger partial charge in [-0.2, -0.15) is 0 Å². The van der Waals surface area contributed by atoms with Gasteiger partial charge in [-0.25, -0.2) is 9.37 Å². The molecule has 2 unspecified atom stereocenters. The summed E-state index contributed by atoms with van der Waals surface area (Å²) in [7, 11) is 0. The zero-order valence-electron chi connectivity index (χ0n) is 13.8. The van der Waals surface area contributed by atoms with Crippen LogP contribution < -0.4 is 0 Å². The van der Waals surface area contributed by atoms with Gasteiger partial charge in [0.25, 0.3) is 0 Å². The second kappa shape index (κ2) is 6.65. The van der Waals surface area contributed by atoms with E-state index in [1.165, 1.54) is 36.4 Å². The number of H-pyrrole nitrogens is 1. The number of hydrogen-bond acceptors (Lipinski definition) is 3. The number of aryl methyl sites for hydroxylation is 2. The molecule has 0 bridgehead atoms. The van der Waals surface area contributed by atoms with Gasteiger partial charge in [-0.3, -0.25) is 4.90 Å². The van der Waals surface area contributed by atoms with Gasteiger partial charge >= 0.3 is 0 Å². The molecule has 0 radical (unpaired) electrons. The Hall–Kier alpha value is -1.72. The highest BCUT2D eigenvalue weighted by Crippen LogP contribution is 2.33. The van der Waals surface area contributed by atoms with Crippen molar-refractivity contribution in [2.75, 3.05) is 13.1 Å². The number of hydrogen-bond donors (Lipinski definition) is 2. The normalized spacial score (nSPS) is 22.5. The summed E-state index contributed by atoms with van der Waals surface area (Å²) in [5, 5.41) is 10.5. The number of rotatable bonds is 4. The first-order valence-electron chi connectivity index (χ1n) is 8.96. The van der Waals surface area contributed by atoms with Crippen LogP contribution >= 0.6 is 0 Å². The number of aliphatic hydroxyl groups excluding tert-OH is 1. The molecule has 1 fully saturated rings. The van der Waals surface area contributed by atoms with Gasteiger partial charge in [-0.15, -0.1) is 0 Å². The van der Waals surface area contributed by atoms with Gasteiger partial charge in [0, 0.05) is 12.2 Å². The molecule has 1 aliphatic carbocycles. The molecule has 2 aliphatic rings. The van der Waals surface area contributed by atoms with Crippen molar-refractivity contribution in [3.63, 3.8) is 0 Å².